The van der Waals surface area contributed by atoms with Gasteiger partial charge in [0, 0.05) is 12.8 Å². The molecule has 0 aromatic heterocycles. The number of phosphoric ester groups is 1. The lowest BCUT2D eigenvalue weighted by Crippen LogP contribution is -2.37. The maximum Gasteiger partial charge on any atom is 0.306 e. The van der Waals surface area contributed by atoms with Gasteiger partial charge in [-0.3, -0.25) is 14.2 Å². The monoisotopic (exact) mass is 880 g/mol. The second kappa shape index (κ2) is 41.7. The number of rotatable bonds is 43. The third-order valence-corrected chi connectivity index (χ3v) is 11.2. The van der Waals surface area contributed by atoms with Gasteiger partial charge in [0.25, 0.3) is 7.82 Å². The molecule has 0 aliphatic carbocycles. The Labute approximate surface area is 373 Å². The summed E-state index contributed by atoms with van der Waals surface area (Å²) in [6, 6.07) is 0. The number of esters is 2. The number of hydrogen-bond donors (Lipinski definition) is 1. The normalized spacial score (nSPS) is 14.5. The Balaban J connectivity index is 4.38. The molecule has 0 aromatic rings. The molecule has 0 aromatic carbocycles. The minimum absolute atomic E-state index is 0.0467. The second-order valence-electron chi connectivity index (χ2n) is 17.3. The molecule has 0 aliphatic rings. The van der Waals surface area contributed by atoms with Gasteiger partial charge in [-0.1, -0.05) is 190 Å². The SMILES string of the molecule is CCCCCCCCCCCCCCCCCCCCCC(=O)O[C@H](COC(=O)CCC/C=C\C/C=C\C/C=C\C/C=C\C=C\[C@@H](O)CC)COP(=O)([O-])OCC[N+](C)(C)C. The summed E-state index contributed by atoms with van der Waals surface area (Å²) in [6.07, 6.45) is 47.8. The van der Waals surface area contributed by atoms with Crippen molar-refractivity contribution in [2.75, 3.05) is 47.5 Å². The van der Waals surface area contributed by atoms with Crippen LogP contribution in [0.2, 0.25) is 0 Å². The molecule has 0 saturated heterocycles. The number of carbonyl (C=O) groups excluding carboxylic acids is 2. The first-order chi connectivity index (χ1) is 29.4. The minimum atomic E-state index is -4.65. The van der Waals surface area contributed by atoms with Crippen molar-refractivity contribution >= 4 is 19.8 Å². The van der Waals surface area contributed by atoms with Crippen molar-refractivity contribution in [1.29, 1.82) is 0 Å². The first-order valence-electron chi connectivity index (χ1n) is 24.1. The Hall–Kier alpha value is -2.33. The summed E-state index contributed by atoms with van der Waals surface area (Å²) < 4.78 is 33.9. The van der Waals surface area contributed by atoms with Crippen molar-refractivity contribution < 1.29 is 47.2 Å². The fourth-order valence-corrected chi connectivity index (χ4v) is 7.02. The van der Waals surface area contributed by atoms with Gasteiger partial charge >= 0.3 is 11.9 Å². The number of nitrogens with zero attached hydrogens (tertiary/aromatic N) is 1. The molecule has 61 heavy (non-hydrogen) atoms. The molecule has 10 nitrogen and oxygen atoms in total. The van der Waals surface area contributed by atoms with Crippen LogP contribution in [0, 0.1) is 0 Å². The van der Waals surface area contributed by atoms with Gasteiger partial charge in [0.2, 0.25) is 0 Å². The number of quaternary nitrogens is 1. The van der Waals surface area contributed by atoms with E-state index in [1.54, 1.807) is 6.08 Å². The number of aliphatic hydroxyl groups excluding tert-OH is 1. The quantitative estimate of drug-likeness (QED) is 0.0159. The molecule has 3 atom stereocenters. The topological polar surface area (TPSA) is 131 Å². The smallest absolute Gasteiger partial charge is 0.306 e. The molecular formula is C50H90NO9P. The molecule has 0 amide bonds. The molecule has 0 heterocycles. The van der Waals surface area contributed by atoms with Crippen LogP contribution in [0.5, 0.6) is 0 Å². The first kappa shape index (κ1) is 58.7. The van der Waals surface area contributed by atoms with Crippen molar-refractivity contribution in [3.63, 3.8) is 0 Å². The van der Waals surface area contributed by atoms with E-state index in [0.29, 0.717) is 36.7 Å². The number of phosphoric acid groups is 1. The molecule has 1 unspecified atom stereocenters. The molecule has 0 aliphatic heterocycles. The Morgan fingerprint density at radius 3 is 1.59 bits per heavy atom. The largest absolute Gasteiger partial charge is 0.756 e. The number of aliphatic hydroxyl groups is 1. The number of ether oxygens (including phenoxy) is 2. The highest BCUT2D eigenvalue weighted by molar-refractivity contribution is 7.45. The molecule has 0 rings (SSSR count). The van der Waals surface area contributed by atoms with Crippen LogP contribution >= 0.6 is 7.82 Å². The first-order valence-corrected chi connectivity index (χ1v) is 25.6. The van der Waals surface area contributed by atoms with E-state index in [4.69, 9.17) is 18.5 Å². The summed E-state index contributed by atoms with van der Waals surface area (Å²) in [5.74, 6) is -0.919. The van der Waals surface area contributed by atoms with Gasteiger partial charge in [-0.15, -0.1) is 0 Å². The number of likely N-dealkylation sites (N-methyl/N-ethyl adjacent to an activating group) is 1. The van der Waals surface area contributed by atoms with Crippen molar-refractivity contribution in [1.82, 2.24) is 0 Å². The summed E-state index contributed by atoms with van der Waals surface area (Å²) >= 11 is 0. The van der Waals surface area contributed by atoms with E-state index in [0.717, 1.165) is 38.5 Å². The van der Waals surface area contributed by atoms with Gasteiger partial charge in [0.15, 0.2) is 6.10 Å². The summed E-state index contributed by atoms with van der Waals surface area (Å²) in [7, 11) is 1.11. The molecule has 354 valence electrons. The summed E-state index contributed by atoms with van der Waals surface area (Å²) in [5, 5.41) is 9.49. The highest BCUT2D eigenvalue weighted by Crippen LogP contribution is 2.38. The standard InChI is InChI=1S/C50H90NO9P/c1-6-8-9-10-11-12-13-14-15-16-17-18-19-24-27-30-33-36-39-42-50(54)60-48(46-59-61(55,56)58-44-43-51(3,4)5)45-57-49(53)41-38-35-32-29-26-23-21-20-22-25-28-31-34-37-40-47(52)7-2/h21-23,25,29,31-32,34,37,40,47-48,52H,6-20,24,26-28,30,33,35-36,38-39,41-46H2,1-5H3/b23-21-,25-22-,32-29-,34-31-,40-37+/t47-,48+/m0/s1. The third kappa shape index (κ3) is 45.5. The second-order valence-corrected chi connectivity index (χ2v) is 18.7. The van der Waals surface area contributed by atoms with Gasteiger partial charge in [0.1, 0.15) is 19.8 Å². The van der Waals surface area contributed by atoms with Gasteiger partial charge in [-0.25, -0.2) is 0 Å². The van der Waals surface area contributed by atoms with Crippen molar-refractivity contribution in [3.05, 3.63) is 60.8 Å². The minimum Gasteiger partial charge on any atom is -0.756 e. The third-order valence-electron chi connectivity index (χ3n) is 10.2. The van der Waals surface area contributed by atoms with Gasteiger partial charge in [-0.05, 0) is 44.9 Å². The van der Waals surface area contributed by atoms with Crippen molar-refractivity contribution in [2.45, 2.75) is 199 Å². The Morgan fingerprint density at radius 1 is 0.607 bits per heavy atom. The molecule has 11 heteroatoms. The van der Waals surface area contributed by atoms with Crippen LogP contribution in [0.25, 0.3) is 0 Å². The van der Waals surface area contributed by atoms with E-state index in [1.807, 2.05) is 52.4 Å². The van der Waals surface area contributed by atoms with Gasteiger partial charge in [0.05, 0.1) is 33.9 Å². The lowest BCUT2D eigenvalue weighted by Gasteiger charge is -2.28. The van der Waals surface area contributed by atoms with E-state index in [2.05, 4.69) is 37.3 Å². The highest BCUT2D eigenvalue weighted by Gasteiger charge is 2.21. The van der Waals surface area contributed by atoms with Crippen LogP contribution in [0.1, 0.15) is 187 Å². The predicted octanol–water partition coefficient (Wildman–Crippen LogP) is 12.4. The molecule has 0 fully saturated rings. The number of hydrogen-bond acceptors (Lipinski definition) is 9. The van der Waals surface area contributed by atoms with Gasteiger partial charge < -0.3 is 33.0 Å². The van der Waals surface area contributed by atoms with E-state index in [-0.39, 0.29) is 32.2 Å². The van der Waals surface area contributed by atoms with E-state index >= 15 is 0 Å². The average molecular weight is 880 g/mol. The maximum atomic E-state index is 12.7. The highest BCUT2D eigenvalue weighted by atomic mass is 31.2. The van der Waals surface area contributed by atoms with Crippen molar-refractivity contribution in [3.8, 4) is 0 Å². The zero-order valence-electron chi connectivity index (χ0n) is 39.5. The van der Waals surface area contributed by atoms with Crippen LogP contribution in [0.4, 0.5) is 0 Å². The number of unbranched alkanes of at least 4 members (excludes halogenated alkanes) is 19. The molecule has 0 spiro atoms. The van der Waals surface area contributed by atoms with Crippen LogP contribution < -0.4 is 4.89 Å². The lowest BCUT2D eigenvalue weighted by atomic mass is 10.0. The average Bonchev–Trinajstić information content (AvgIpc) is 3.21. The van der Waals surface area contributed by atoms with E-state index in [1.165, 1.54) is 96.3 Å². The Bertz CT molecular complexity index is 1240. The Kier molecular flexibility index (Phi) is 40.1. The van der Waals surface area contributed by atoms with Crippen LogP contribution in [0.15, 0.2) is 60.8 Å². The Morgan fingerprint density at radius 2 is 1.08 bits per heavy atom. The fraction of sp³-hybridized carbons (Fsp3) is 0.760. The van der Waals surface area contributed by atoms with E-state index in [9.17, 15) is 24.2 Å². The van der Waals surface area contributed by atoms with Crippen LogP contribution in [-0.2, 0) is 32.7 Å². The molecule has 0 saturated carbocycles. The molecule has 1 N–H and O–H groups in total. The molecule has 0 radical (unpaired) electrons. The maximum absolute atomic E-state index is 12.7. The summed E-state index contributed by atoms with van der Waals surface area (Å²) in [4.78, 5) is 37.6. The number of carbonyl (C=O) groups is 2. The van der Waals surface area contributed by atoms with E-state index < -0.39 is 32.5 Å². The lowest BCUT2D eigenvalue weighted by molar-refractivity contribution is -0.870. The van der Waals surface area contributed by atoms with Crippen LogP contribution in [0.3, 0.4) is 0 Å². The molecular weight excluding hydrogens is 790 g/mol. The van der Waals surface area contributed by atoms with Gasteiger partial charge in [-0.2, -0.15) is 0 Å². The molecule has 0 bridgehead atoms. The fourth-order valence-electron chi connectivity index (χ4n) is 6.29. The summed E-state index contributed by atoms with van der Waals surface area (Å²) in [6.45, 7) is 3.83. The summed E-state index contributed by atoms with van der Waals surface area (Å²) in [5.41, 5.74) is 0. The van der Waals surface area contributed by atoms with Crippen LogP contribution in [-0.4, -0.2) is 81.2 Å². The zero-order valence-corrected chi connectivity index (χ0v) is 40.4. The number of allylic oxidation sites excluding steroid dienone is 9. The predicted molar refractivity (Wildman–Crippen MR) is 251 cm³/mol. The van der Waals surface area contributed by atoms with Crippen molar-refractivity contribution in [2.24, 2.45) is 0 Å². The zero-order chi connectivity index (χ0) is 45.1.